The molecule has 0 aliphatic carbocycles. The van der Waals surface area contributed by atoms with E-state index in [0.717, 1.165) is 24.5 Å². The Labute approximate surface area is 172 Å². The predicted octanol–water partition coefficient (Wildman–Crippen LogP) is 3.14. The van der Waals surface area contributed by atoms with Crippen LogP contribution in [0.5, 0.6) is 5.75 Å². The SMILES string of the molecule is COc1ccc([N+](=O)[O-])cc1NC(=O)CNc1cc(Cl)ccc1N1CCOCC1. The summed E-state index contributed by atoms with van der Waals surface area (Å²) in [6.45, 7) is 2.70. The average Bonchev–Trinajstić information content (AvgIpc) is 2.73. The molecular formula is C19H21ClN4O5. The summed E-state index contributed by atoms with van der Waals surface area (Å²) in [5, 5.41) is 17.3. The maximum atomic E-state index is 12.4. The molecule has 1 saturated heterocycles. The van der Waals surface area contributed by atoms with E-state index in [-0.39, 0.29) is 23.8 Å². The van der Waals surface area contributed by atoms with Gasteiger partial charge in [-0.25, -0.2) is 0 Å². The third-order valence-corrected chi connectivity index (χ3v) is 4.65. The fourth-order valence-electron chi connectivity index (χ4n) is 3.01. The van der Waals surface area contributed by atoms with Gasteiger partial charge in [-0.1, -0.05) is 11.6 Å². The molecule has 2 N–H and O–H groups in total. The second kappa shape index (κ2) is 9.44. The Morgan fingerprint density at radius 1 is 1.24 bits per heavy atom. The summed E-state index contributed by atoms with van der Waals surface area (Å²) in [6.07, 6.45) is 0. The Bertz CT molecular complexity index is 902. The molecule has 0 saturated carbocycles. The summed E-state index contributed by atoms with van der Waals surface area (Å²) in [6, 6.07) is 9.47. The van der Waals surface area contributed by atoms with Crippen LogP contribution in [-0.2, 0) is 9.53 Å². The predicted molar refractivity (Wildman–Crippen MR) is 111 cm³/mol. The van der Waals surface area contributed by atoms with Crippen molar-refractivity contribution >= 4 is 40.3 Å². The first-order valence-electron chi connectivity index (χ1n) is 8.96. The standard InChI is InChI=1S/C19H21ClN4O5/c1-28-18-5-3-14(24(26)27)11-16(18)22-19(25)12-21-15-10-13(20)2-4-17(15)23-6-8-29-9-7-23/h2-5,10-11,21H,6-9,12H2,1H3,(H,22,25). The topological polar surface area (TPSA) is 106 Å². The van der Waals surface area contributed by atoms with E-state index in [0.29, 0.717) is 24.0 Å². The molecule has 10 heteroatoms. The fraction of sp³-hybridized carbons (Fsp3) is 0.316. The molecule has 2 aromatic rings. The van der Waals surface area contributed by atoms with Crippen molar-refractivity contribution in [2.75, 3.05) is 55.5 Å². The number of amides is 1. The highest BCUT2D eigenvalue weighted by molar-refractivity contribution is 6.31. The van der Waals surface area contributed by atoms with Crippen LogP contribution in [0.25, 0.3) is 0 Å². The Morgan fingerprint density at radius 2 is 2.00 bits per heavy atom. The largest absolute Gasteiger partial charge is 0.495 e. The Hall–Kier alpha value is -3.04. The summed E-state index contributed by atoms with van der Waals surface area (Å²) < 4.78 is 10.5. The van der Waals surface area contributed by atoms with Crippen LogP contribution in [-0.4, -0.2) is 50.8 Å². The van der Waals surface area contributed by atoms with Gasteiger partial charge in [0.25, 0.3) is 5.69 Å². The van der Waals surface area contributed by atoms with Crippen molar-refractivity contribution in [1.82, 2.24) is 0 Å². The van der Waals surface area contributed by atoms with Gasteiger partial charge in [0.2, 0.25) is 5.91 Å². The molecule has 0 spiro atoms. The second-order valence-electron chi connectivity index (χ2n) is 6.30. The van der Waals surface area contributed by atoms with Crippen molar-refractivity contribution in [1.29, 1.82) is 0 Å². The van der Waals surface area contributed by atoms with Gasteiger partial charge in [0.15, 0.2) is 0 Å². The zero-order valence-electron chi connectivity index (χ0n) is 15.8. The van der Waals surface area contributed by atoms with Gasteiger partial charge in [0.1, 0.15) is 5.75 Å². The molecule has 0 atom stereocenters. The zero-order chi connectivity index (χ0) is 20.8. The number of methoxy groups -OCH3 is 1. The molecule has 1 aliphatic heterocycles. The van der Waals surface area contributed by atoms with E-state index in [9.17, 15) is 14.9 Å². The molecule has 0 aromatic heterocycles. The van der Waals surface area contributed by atoms with Gasteiger partial charge in [-0.05, 0) is 24.3 Å². The van der Waals surface area contributed by atoms with Gasteiger partial charge in [-0.2, -0.15) is 0 Å². The van der Waals surface area contributed by atoms with Crippen molar-refractivity contribution in [3.8, 4) is 5.75 Å². The monoisotopic (exact) mass is 420 g/mol. The quantitative estimate of drug-likeness (QED) is 0.523. The Balaban J connectivity index is 1.70. The number of nitro groups is 1. The number of hydrogen-bond donors (Lipinski definition) is 2. The van der Waals surface area contributed by atoms with Gasteiger partial charge in [-0.15, -0.1) is 0 Å². The molecule has 154 valence electrons. The minimum atomic E-state index is -0.534. The number of nitrogens with one attached hydrogen (secondary N) is 2. The van der Waals surface area contributed by atoms with Crippen molar-refractivity contribution in [3.05, 3.63) is 51.5 Å². The summed E-state index contributed by atoms with van der Waals surface area (Å²) in [5.74, 6) is -0.0441. The van der Waals surface area contributed by atoms with Crippen LogP contribution >= 0.6 is 11.6 Å². The minimum Gasteiger partial charge on any atom is -0.495 e. The summed E-state index contributed by atoms with van der Waals surface area (Å²) in [4.78, 5) is 25.0. The fourth-order valence-corrected chi connectivity index (χ4v) is 3.18. The van der Waals surface area contributed by atoms with Crippen molar-refractivity contribution < 1.29 is 19.2 Å². The first kappa shape index (κ1) is 20.7. The molecule has 0 unspecified atom stereocenters. The summed E-state index contributed by atoms with van der Waals surface area (Å²) in [7, 11) is 1.43. The van der Waals surface area contributed by atoms with Crippen molar-refractivity contribution in [2.45, 2.75) is 0 Å². The summed E-state index contributed by atoms with van der Waals surface area (Å²) >= 11 is 6.12. The normalized spacial score (nSPS) is 13.7. The number of rotatable bonds is 7. The third-order valence-electron chi connectivity index (χ3n) is 4.42. The van der Waals surface area contributed by atoms with Crippen LogP contribution < -0.4 is 20.3 Å². The van der Waals surface area contributed by atoms with Crippen LogP contribution in [0.1, 0.15) is 0 Å². The molecular weight excluding hydrogens is 400 g/mol. The Morgan fingerprint density at radius 3 is 2.69 bits per heavy atom. The zero-order valence-corrected chi connectivity index (χ0v) is 16.6. The van der Waals surface area contributed by atoms with E-state index < -0.39 is 4.92 Å². The summed E-state index contributed by atoms with van der Waals surface area (Å²) in [5.41, 5.74) is 1.74. The number of hydrogen-bond acceptors (Lipinski definition) is 7. The lowest BCUT2D eigenvalue weighted by molar-refractivity contribution is -0.384. The van der Waals surface area contributed by atoms with Crippen LogP contribution in [0, 0.1) is 10.1 Å². The van der Waals surface area contributed by atoms with Gasteiger partial charge in [0.05, 0.1) is 48.9 Å². The van der Waals surface area contributed by atoms with E-state index in [4.69, 9.17) is 21.1 Å². The number of anilines is 3. The Kier molecular flexibility index (Phi) is 6.73. The number of carbonyl (C=O) groups is 1. The molecule has 1 aliphatic rings. The number of non-ortho nitro benzene ring substituents is 1. The van der Waals surface area contributed by atoms with Crippen LogP contribution in [0.15, 0.2) is 36.4 Å². The number of ether oxygens (including phenoxy) is 2. The molecule has 1 fully saturated rings. The minimum absolute atomic E-state index is 0.0521. The molecule has 9 nitrogen and oxygen atoms in total. The van der Waals surface area contributed by atoms with E-state index in [1.807, 2.05) is 6.07 Å². The third kappa shape index (κ3) is 5.27. The number of carbonyl (C=O) groups excluding carboxylic acids is 1. The number of nitrogens with zero attached hydrogens (tertiary/aromatic N) is 2. The molecule has 2 aromatic carbocycles. The van der Waals surface area contributed by atoms with E-state index in [1.54, 1.807) is 12.1 Å². The molecule has 3 rings (SSSR count). The first-order chi connectivity index (χ1) is 14.0. The van der Waals surface area contributed by atoms with Gasteiger partial charge < -0.3 is 25.0 Å². The van der Waals surface area contributed by atoms with E-state index >= 15 is 0 Å². The van der Waals surface area contributed by atoms with Crippen LogP contribution in [0.3, 0.4) is 0 Å². The lowest BCUT2D eigenvalue weighted by Gasteiger charge is -2.30. The van der Waals surface area contributed by atoms with E-state index in [2.05, 4.69) is 15.5 Å². The smallest absolute Gasteiger partial charge is 0.271 e. The highest BCUT2D eigenvalue weighted by atomic mass is 35.5. The molecule has 1 amide bonds. The van der Waals surface area contributed by atoms with Crippen LogP contribution in [0.2, 0.25) is 5.02 Å². The first-order valence-corrected chi connectivity index (χ1v) is 9.34. The lowest BCUT2D eigenvalue weighted by Crippen LogP contribution is -2.36. The van der Waals surface area contributed by atoms with Crippen molar-refractivity contribution in [3.63, 3.8) is 0 Å². The number of nitro benzene ring substituents is 1. The van der Waals surface area contributed by atoms with Gasteiger partial charge in [-0.3, -0.25) is 14.9 Å². The lowest BCUT2D eigenvalue weighted by atomic mass is 10.2. The molecule has 1 heterocycles. The number of morpholine rings is 1. The second-order valence-corrected chi connectivity index (χ2v) is 6.74. The molecule has 0 bridgehead atoms. The van der Waals surface area contributed by atoms with Crippen molar-refractivity contribution in [2.24, 2.45) is 0 Å². The molecule has 29 heavy (non-hydrogen) atoms. The van der Waals surface area contributed by atoms with E-state index in [1.165, 1.54) is 25.3 Å². The number of halogens is 1. The average molecular weight is 421 g/mol. The number of benzene rings is 2. The molecule has 0 radical (unpaired) electrons. The van der Waals surface area contributed by atoms with Gasteiger partial charge >= 0.3 is 0 Å². The van der Waals surface area contributed by atoms with Gasteiger partial charge in [0, 0.05) is 30.2 Å². The maximum absolute atomic E-state index is 12.4. The van der Waals surface area contributed by atoms with Crippen LogP contribution in [0.4, 0.5) is 22.7 Å². The maximum Gasteiger partial charge on any atom is 0.271 e. The highest BCUT2D eigenvalue weighted by Crippen LogP contribution is 2.31. The highest BCUT2D eigenvalue weighted by Gasteiger charge is 2.17.